The van der Waals surface area contributed by atoms with Gasteiger partial charge in [0.25, 0.3) is 0 Å². The van der Waals surface area contributed by atoms with Gasteiger partial charge >= 0.3 is 0 Å². The van der Waals surface area contributed by atoms with Crippen molar-refractivity contribution < 1.29 is 8.42 Å². The molecule has 0 aliphatic carbocycles. The molecule has 0 amide bonds. The zero-order chi connectivity index (χ0) is 12.3. The van der Waals surface area contributed by atoms with E-state index < -0.39 is 10.0 Å². The van der Waals surface area contributed by atoms with E-state index >= 15 is 0 Å². The van der Waals surface area contributed by atoms with Crippen LogP contribution in [0.3, 0.4) is 0 Å². The van der Waals surface area contributed by atoms with E-state index in [1.54, 1.807) is 32.0 Å². The first-order valence-corrected chi connectivity index (χ1v) is 7.15. The Morgan fingerprint density at radius 2 is 1.94 bits per heavy atom. The number of sulfonamides is 1. The zero-order valence-corrected chi connectivity index (χ0v) is 11.3. The fourth-order valence-corrected chi connectivity index (χ4v) is 3.17. The Hall–Kier alpha value is -0.290. The first-order chi connectivity index (χ1) is 7.30. The van der Waals surface area contributed by atoms with Crippen LogP contribution in [0.4, 0.5) is 0 Å². The Balaban J connectivity index is 2.92. The van der Waals surface area contributed by atoms with Crippen molar-refractivity contribution in [2.24, 2.45) is 0 Å². The Morgan fingerprint density at radius 1 is 1.31 bits per heavy atom. The van der Waals surface area contributed by atoms with Crippen molar-refractivity contribution in [3.63, 3.8) is 0 Å². The molecule has 0 fully saturated rings. The Morgan fingerprint density at radius 3 is 2.50 bits per heavy atom. The molecule has 0 bridgehead atoms. The SMILES string of the molecule is CC(C)NS(=O)(=O)Cc1cc(Cl)ccc1Cl. The van der Waals surface area contributed by atoms with Crippen LogP contribution in [-0.4, -0.2) is 14.5 Å². The molecule has 1 aromatic rings. The quantitative estimate of drug-likeness (QED) is 0.923. The molecule has 3 nitrogen and oxygen atoms in total. The van der Waals surface area contributed by atoms with E-state index in [0.717, 1.165) is 0 Å². The van der Waals surface area contributed by atoms with Gasteiger partial charge in [-0.25, -0.2) is 13.1 Å². The average Bonchev–Trinajstić information content (AvgIpc) is 2.08. The van der Waals surface area contributed by atoms with Crippen molar-refractivity contribution in [2.45, 2.75) is 25.6 Å². The van der Waals surface area contributed by atoms with E-state index in [-0.39, 0.29) is 11.8 Å². The van der Waals surface area contributed by atoms with E-state index in [1.807, 2.05) is 0 Å². The number of hydrogen-bond acceptors (Lipinski definition) is 2. The molecule has 1 aromatic carbocycles. The second-order valence-corrected chi connectivity index (χ2v) is 6.36. The third kappa shape index (κ3) is 4.29. The predicted octanol–water partition coefficient (Wildman–Crippen LogP) is 2.82. The van der Waals surface area contributed by atoms with Crippen LogP contribution in [0.2, 0.25) is 10.0 Å². The van der Waals surface area contributed by atoms with Crippen LogP contribution >= 0.6 is 23.2 Å². The molecule has 6 heteroatoms. The molecule has 1 N–H and O–H groups in total. The lowest BCUT2D eigenvalue weighted by Gasteiger charge is -2.10. The van der Waals surface area contributed by atoms with Gasteiger partial charge in [0.2, 0.25) is 10.0 Å². The molecule has 0 aromatic heterocycles. The monoisotopic (exact) mass is 281 g/mol. The molecular weight excluding hydrogens is 269 g/mol. The minimum absolute atomic E-state index is 0.136. The minimum atomic E-state index is -3.37. The standard InChI is InChI=1S/C10H13Cl2NO2S/c1-7(2)13-16(14,15)6-8-5-9(11)3-4-10(8)12/h3-5,7,13H,6H2,1-2H3. The summed E-state index contributed by atoms with van der Waals surface area (Å²) in [4.78, 5) is 0. The van der Waals surface area contributed by atoms with Crippen LogP contribution in [-0.2, 0) is 15.8 Å². The van der Waals surface area contributed by atoms with Gasteiger partial charge in [-0.2, -0.15) is 0 Å². The maximum atomic E-state index is 11.7. The molecule has 1 rings (SSSR count). The maximum absolute atomic E-state index is 11.7. The van der Waals surface area contributed by atoms with Crippen LogP contribution in [0.25, 0.3) is 0 Å². The first kappa shape index (κ1) is 13.8. The molecule has 90 valence electrons. The van der Waals surface area contributed by atoms with Crippen LogP contribution in [0, 0.1) is 0 Å². The molecular formula is C10H13Cl2NO2S. The smallest absolute Gasteiger partial charge is 0.212 e. The van der Waals surface area contributed by atoms with Crippen molar-refractivity contribution in [3.8, 4) is 0 Å². The Bertz CT molecular complexity index is 472. The topological polar surface area (TPSA) is 46.2 Å². The van der Waals surface area contributed by atoms with Gasteiger partial charge in [0, 0.05) is 16.1 Å². The number of hydrogen-bond donors (Lipinski definition) is 1. The lowest BCUT2D eigenvalue weighted by atomic mass is 10.2. The summed E-state index contributed by atoms with van der Waals surface area (Å²) in [5.41, 5.74) is 0.502. The predicted molar refractivity (Wildman–Crippen MR) is 67.4 cm³/mol. The van der Waals surface area contributed by atoms with Crippen molar-refractivity contribution in [2.75, 3.05) is 0 Å². The highest BCUT2D eigenvalue weighted by Gasteiger charge is 2.15. The molecule has 0 atom stereocenters. The number of rotatable bonds is 4. The minimum Gasteiger partial charge on any atom is -0.212 e. The number of benzene rings is 1. The van der Waals surface area contributed by atoms with Crippen LogP contribution in [0.15, 0.2) is 18.2 Å². The van der Waals surface area contributed by atoms with E-state index in [1.165, 1.54) is 0 Å². The summed E-state index contributed by atoms with van der Waals surface area (Å²) in [6.45, 7) is 3.52. The zero-order valence-electron chi connectivity index (χ0n) is 9.00. The summed E-state index contributed by atoms with van der Waals surface area (Å²) < 4.78 is 25.8. The summed E-state index contributed by atoms with van der Waals surface area (Å²) in [5.74, 6) is -0.162. The summed E-state index contributed by atoms with van der Waals surface area (Å²) in [7, 11) is -3.37. The highest BCUT2D eigenvalue weighted by atomic mass is 35.5. The lowest BCUT2D eigenvalue weighted by molar-refractivity contribution is 0.569. The second-order valence-electron chi connectivity index (χ2n) is 3.77. The summed E-state index contributed by atoms with van der Waals surface area (Å²) >= 11 is 11.7. The highest BCUT2D eigenvalue weighted by Crippen LogP contribution is 2.22. The van der Waals surface area contributed by atoms with E-state index in [2.05, 4.69) is 4.72 Å². The molecule has 16 heavy (non-hydrogen) atoms. The van der Waals surface area contributed by atoms with Gasteiger partial charge in [0.15, 0.2) is 0 Å². The van der Waals surface area contributed by atoms with Crippen LogP contribution < -0.4 is 4.72 Å². The fourth-order valence-electron chi connectivity index (χ4n) is 1.26. The molecule has 0 spiro atoms. The molecule has 0 saturated carbocycles. The first-order valence-electron chi connectivity index (χ1n) is 4.74. The fraction of sp³-hybridized carbons (Fsp3) is 0.400. The Labute approximate surface area is 106 Å². The highest BCUT2D eigenvalue weighted by molar-refractivity contribution is 7.88. The summed E-state index contributed by atoms with van der Waals surface area (Å²) in [6, 6.07) is 4.63. The maximum Gasteiger partial charge on any atom is 0.216 e. The number of nitrogens with one attached hydrogen (secondary N) is 1. The molecule has 0 saturated heterocycles. The summed E-state index contributed by atoms with van der Waals surface area (Å²) in [6.07, 6.45) is 0. The third-order valence-electron chi connectivity index (χ3n) is 1.77. The van der Waals surface area contributed by atoms with Gasteiger partial charge < -0.3 is 0 Å². The second kappa shape index (κ2) is 5.36. The van der Waals surface area contributed by atoms with Crippen LogP contribution in [0.5, 0.6) is 0 Å². The van der Waals surface area contributed by atoms with E-state index in [9.17, 15) is 8.42 Å². The third-order valence-corrected chi connectivity index (χ3v) is 3.89. The Kier molecular flexibility index (Phi) is 4.62. The van der Waals surface area contributed by atoms with Gasteiger partial charge in [-0.15, -0.1) is 0 Å². The van der Waals surface area contributed by atoms with Gasteiger partial charge in [-0.1, -0.05) is 23.2 Å². The van der Waals surface area contributed by atoms with Crippen molar-refractivity contribution in [1.29, 1.82) is 0 Å². The largest absolute Gasteiger partial charge is 0.216 e. The van der Waals surface area contributed by atoms with Crippen LogP contribution in [0.1, 0.15) is 19.4 Å². The van der Waals surface area contributed by atoms with E-state index in [4.69, 9.17) is 23.2 Å². The molecule has 0 aliphatic rings. The normalized spacial score (nSPS) is 12.1. The molecule has 0 unspecified atom stereocenters. The van der Waals surface area contributed by atoms with Gasteiger partial charge in [0.1, 0.15) is 0 Å². The summed E-state index contributed by atoms with van der Waals surface area (Å²) in [5, 5.41) is 0.873. The number of halogens is 2. The van der Waals surface area contributed by atoms with E-state index in [0.29, 0.717) is 15.6 Å². The molecule has 0 radical (unpaired) electrons. The van der Waals surface area contributed by atoms with Gasteiger partial charge in [-0.3, -0.25) is 0 Å². The molecule has 0 aliphatic heterocycles. The van der Waals surface area contributed by atoms with Crippen molar-refractivity contribution in [1.82, 2.24) is 4.72 Å². The van der Waals surface area contributed by atoms with Crippen molar-refractivity contribution in [3.05, 3.63) is 33.8 Å². The van der Waals surface area contributed by atoms with Gasteiger partial charge in [-0.05, 0) is 37.6 Å². The lowest BCUT2D eigenvalue weighted by Crippen LogP contribution is -2.31. The van der Waals surface area contributed by atoms with Crippen molar-refractivity contribution >= 4 is 33.2 Å². The molecule has 0 heterocycles. The average molecular weight is 282 g/mol. The van der Waals surface area contributed by atoms with Gasteiger partial charge in [0.05, 0.1) is 5.75 Å².